The number of nitrogens with zero attached hydrogens (tertiary/aromatic N) is 4. The van der Waals surface area contributed by atoms with E-state index in [9.17, 15) is 9.18 Å². The van der Waals surface area contributed by atoms with E-state index >= 15 is 0 Å². The molecule has 1 heterocycles. The topological polar surface area (TPSA) is 78.3 Å². The van der Waals surface area contributed by atoms with Crippen LogP contribution in [0.5, 0.6) is 0 Å². The molecule has 7 heteroatoms. The minimum absolute atomic E-state index is 0.0999. The molecule has 1 fully saturated rings. The number of carbonyl (C=O) groups excluding carboxylic acids is 1. The number of benzene rings is 1. The summed E-state index contributed by atoms with van der Waals surface area (Å²) in [5, 5.41) is 3.38. The summed E-state index contributed by atoms with van der Waals surface area (Å²) in [4.78, 5) is 15.7. The lowest BCUT2D eigenvalue weighted by Crippen LogP contribution is -2.46. The molecule has 106 valence electrons. The van der Waals surface area contributed by atoms with Gasteiger partial charge in [0.2, 0.25) is 0 Å². The molecule has 1 aromatic rings. The van der Waals surface area contributed by atoms with Crippen LogP contribution in [-0.4, -0.2) is 36.3 Å². The number of alkyl halides is 1. The Kier molecular flexibility index (Phi) is 4.79. The maximum absolute atomic E-state index is 13.7. The predicted octanol–water partition coefficient (Wildman–Crippen LogP) is 3.05. The van der Waals surface area contributed by atoms with Gasteiger partial charge in [-0.3, -0.25) is 0 Å². The van der Waals surface area contributed by atoms with Crippen LogP contribution in [0.15, 0.2) is 35.4 Å². The van der Waals surface area contributed by atoms with E-state index in [0.717, 1.165) is 5.56 Å². The van der Waals surface area contributed by atoms with E-state index < -0.39 is 18.3 Å². The third-order valence-corrected chi connectivity index (χ3v) is 3.17. The number of piperidine rings is 1. The molecule has 1 saturated heterocycles. The molecule has 20 heavy (non-hydrogen) atoms. The molecule has 2 rings (SSSR count). The molecule has 0 saturated carbocycles. The molecule has 1 aliphatic rings. The molecule has 0 N–H and O–H groups in total. The summed E-state index contributed by atoms with van der Waals surface area (Å²) >= 11 is 0. The number of hydrogen-bond donors (Lipinski definition) is 0. The first-order valence-corrected chi connectivity index (χ1v) is 6.34. The highest BCUT2D eigenvalue weighted by atomic mass is 19.1. The van der Waals surface area contributed by atoms with Crippen LogP contribution in [0.25, 0.3) is 10.4 Å². The molecular formula is C13H15FN4O2. The molecule has 1 amide bonds. The van der Waals surface area contributed by atoms with Gasteiger partial charge in [0, 0.05) is 11.5 Å². The lowest BCUT2D eigenvalue weighted by molar-refractivity contribution is 0.0660. The minimum Gasteiger partial charge on any atom is -0.445 e. The Hall–Kier alpha value is -2.27. The van der Waals surface area contributed by atoms with Gasteiger partial charge in [-0.25, -0.2) is 9.18 Å². The first kappa shape index (κ1) is 14.1. The monoisotopic (exact) mass is 278 g/mol. The number of halogens is 1. The largest absolute Gasteiger partial charge is 0.445 e. The van der Waals surface area contributed by atoms with E-state index in [1.807, 2.05) is 30.3 Å². The van der Waals surface area contributed by atoms with Crippen LogP contribution in [0.2, 0.25) is 0 Å². The zero-order chi connectivity index (χ0) is 14.4. The first-order chi connectivity index (χ1) is 9.70. The van der Waals surface area contributed by atoms with Crippen molar-refractivity contribution >= 4 is 6.09 Å². The Balaban J connectivity index is 1.83. The fourth-order valence-electron chi connectivity index (χ4n) is 2.07. The molecule has 0 spiro atoms. The normalized spacial score (nSPS) is 21.9. The van der Waals surface area contributed by atoms with Crippen LogP contribution >= 0.6 is 0 Å². The van der Waals surface area contributed by atoms with Crippen LogP contribution in [0.3, 0.4) is 0 Å². The second kappa shape index (κ2) is 6.77. The highest BCUT2D eigenvalue weighted by molar-refractivity contribution is 5.67. The highest BCUT2D eigenvalue weighted by Gasteiger charge is 2.31. The standard InChI is InChI=1S/C13H15FN4O2/c14-11-8-18(7-6-12(11)16-17-15)13(19)20-9-10-4-2-1-3-5-10/h1-5,11-12H,6-9H2. The summed E-state index contributed by atoms with van der Waals surface area (Å²) in [6.07, 6.45) is -1.58. The fraction of sp³-hybridized carbons (Fsp3) is 0.462. The lowest BCUT2D eigenvalue weighted by Gasteiger charge is -2.31. The Labute approximate surface area is 115 Å². The predicted molar refractivity (Wildman–Crippen MR) is 70.6 cm³/mol. The van der Waals surface area contributed by atoms with Gasteiger partial charge in [-0.2, -0.15) is 0 Å². The van der Waals surface area contributed by atoms with Crippen LogP contribution in [0, 0.1) is 0 Å². The van der Waals surface area contributed by atoms with Crippen LogP contribution in [0.1, 0.15) is 12.0 Å². The number of likely N-dealkylation sites (tertiary alicyclic amines) is 1. The third kappa shape index (κ3) is 3.61. The molecule has 1 aliphatic heterocycles. The van der Waals surface area contributed by atoms with Gasteiger partial charge in [0.05, 0.1) is 12.6 Å². The molecule has 0 aliphatic carbocycles. The van der Waals surface area contributed by atoms with Gasteiger partial charge in [-0.05, 0) is 17.5 Å². The van der Waals surface area contributed by atoms with E-state index in [-0.39, 0.29) is 13.2 Å². The molecule has 0 bridgehead atoms. The zero-order valence-electron chi connectivity index (χ0n) is 10.9. The van der Waals surface area contributed by atoms with Crippen molar-refractivity contribution in [3.05, 3.63) is 46.3 Å². The number of azide groups is 1. The summed E-state index contributed by atoms with van der Waals surface area (Å²) in [5.41, 5.74) is 9.18. The van der Waals surface area contributed by atoms with Crippen molar-refractivity contribution in [2.45, 2.75) is 25.2 Å². The van der Waals surface area contributed by atoms with Crippen molar-refractivity contribution in [1.29, 1.82) is 0 Å². The average Bonchev–Trinajstić information content (AvgIpc) is 2.48. The maximum Gasteiger partial charge on any atom is 0.410 e. The van der Waals surface area contributed by atoms with Gasteiger partial charge in [0.1, 0.15) is 12.8 Å². The van der Waals surface area contributed by atoms with Gasteiger partial charge >= 0.3 is 6.09 Å². The van der Waals surface area contributed by atoms with Crippen molar-refractivity contribution in [3.63, 3.8) is 0 Å². The van der Waals surface area contributed by atoms with Crippen molar-refractivity contribution in [3.8, 4) is 0 Å². The Morgan fingerprint density at radius 1 is 1.50 bits per heavy atom. The molecular weight excluding hydrogens is 263 g/mol. The van der Waals surface area contributed by atoms with Crippen molar-refractivity contribution < 1.29 is 13.9 Å². The second-order valence-corrected chi connectivity index (χ2v) is 4.56. The summed E-state index contributed by atoms with van der Waals surface area (Å²) < 4.78 is 18.8. The second-order valence-electron chi connectivity index (χ2n) is 4.56. The molecule has 0 radical (unpaired) electrons. The third-order valence-electron chi connectivity index (χ3n) is 3.17. The fourth-order valence-corrected chi connectivity index (χ4v) is 2.07. The van der Waals surface area contributed by atoms with Crippen molar-refractivity contribution in [2.24, 2.45) is 5.11 Å². The van der Waals surface area contributed by atoms with Gasteiger partial charge < -0.3 is 9.64 Å². The van der Waals surface area contributed by atoms with Gasteiger partial charge in [0.15, 0.2) is 0 Å². The number of hydrogen-bond acceptors (Lipinski definition) is 3. The summed E-state index contributed by atoms with van der Waals surface area (Å²) in [6, 6.07) is 8.58. The van der Waals surface area contributed by atoms with Gasteiger partial charge in [-0.1, -0.05) is 35.4 Å². The first-order valence-electron chi connectivity index (χ1n) is 6.34. The quantitative estimate of drug-likeness (QED) is 0.484. The van der Waals surface area contributed by atoms with E-state index in [4.69, 9.17) is 10.3 Å². The van der Waals surface area contributed by atoms with Crippen LogP contribution in [0.4, 0.5) is 9.18 Å². The molecule has 0 aromatic heterocycles. The SMILES string of the molecule is [N-]=[N+]=NC1CCN(C(=O)OCc2ccccc2)CC1F. The van der Waals surface area contributed by atoms with E-state index in [1.54, 1.807) is 0 Å². The Bertz CT molecular complexity index is 504. The van der Waals surface area contributed by atoms with E-state index in [1.165, 1.54) is 4.90 Å². The average molecular weight is 278 g/mol. The molecule has 1 aromatic carbocycles. The Morgan fingerprint density at radius 2 is 2.25 bits per heavy atom. The number of ether oxygens (including phenoxy) is 1. The highest BCUT2D eigenvalue weighted by Crippen LogP contribution is 2.18. The summed E-state index contributed by atoms with van der Waals surface area (Å²) in [7, 11) is 0. The lowest BCUT2D eigenvalue weighted by atomic mass is 10.0. The smallest absolute Gasteiger partial charge is 0.410 e. The van der Waals surface area contributed by atoms with Crippen molar-refractivity contribution in [1.82, 2.24) is 4.90 Å². The van der Waals surface area contributed by atoms with Gasteiger partial charge in [0.25, 0.3) is 0 Å². The van der Waals surface area contributed by atoms with Crippen LogP contribution in [-0.2, 0) is 11.3 Å². The summed E-state index contributed by atoms with van der Waals surface area (Å²) in [6.45, 7) is 0.391. The Morgan fingerprint density at radius 3 is 2.90 bits per heavy atom. The minimum atomic E-state index is -1.34. The molecule has 2 atom stereocenters. The zero-order valence-corrected chi connectivity index (χ0v) is 10.9. The molecule has 6 nitrogen and oxygen atoms in total. The molecule has 2 unspecified atom stereocenters. The number of carbonyl (C=O) groups is 1. The van der Waals surface area contributed by atoms with E-state index in [2.05, 4.69) is 10.0 Å². The van der Waals surface area contributed by atoms with Crippen molar-refractivity contribution in [2.75, 3.05) is 13.1 Å². The van der Waals surface area contributed by atoms with E-state index in [0.29, 0.717) is 13.0 Å². The number of rotatable bonds is 3. The van der Waals surface area contributed by atoms with Gasteiger partial charge in [-0.15, -0.1) is 0 Å². The summed E-state index contributed by atoms with van der Waals surface area (Å²) in [5.74, 6) is 0. The maximum atomic E-state index is 13.7. The number of amides is 1. The van der Waals surface area contributed by atoms with Crippen LogP contribution < -0.4 is 0 Å².